The summed E-state index contributed by atoms with van der Waals surface area (Å²) in [4.78, 5) is 33.2. The summed E-state index contributed by atoms with van der Waals surface area (Å²) in [6.45, 7) is 14.9. The van der Waals surface area contributed by atoms with Crippen LogP contribution in [0.2, 0.25) is 0 Å². The zero-order valence-electron chi connectivity index (χ0n) is 22.0. The molecule has 0 atom stereocenters. The minimum Gasteiger partial charge on any atom is -0.484 e. The van der Waals surface area contributed by atoms with Crippen LogP contribution in [0.4, 0.5) is 5.69 Å². The molecule has 1 saturated heterocycles. The van der Waals surface area contributed by atoms with E-state index in [4.69, 9.17) is 9.72 Å². The van der Waals surface area contributed by atoms with E-state index in [1.54, 1.807) is 6.92 Å². The van der Waals surface area contributed by atoms with Crippen molar-refractivity contribution >= 4 is 28.5 Å². The van der Waals surface area contributed by atoms with Gasteiger partial charge in [-0.3, -0.25) is 14.5 Å². The molecule has 3 aromatic rings. The Bertz CT molecular complexity index is 1220. The highest BCUT2D eigenvalue weighted by molar-refractivity contribution is 5.94. The molecule has 8 nitrogen and oxygen atoms in total. The maximum Gasteiger partial charge on any atom is 0.262 e. The maximum absolute atomic E-state index is 12.5. The number of carbonyl (C=O) groups excluding carboxylic acids is 2. The van der Waals surface area contributed by atoms with Gasteiger partial charge in [0, 0.05) is 45.3 Å². The highest BCUT2D eigenvalue weighted by Crippen LogP contribution is 2.25. The lowest BCUT2D eigenvalue weighted by molar-refractivity contribution is -0.130. The number of carbonyl (C=O) groups is 2. The topological polar surface area (TPSA) is 79.7 Å². The highest BCUT2D eigenvalue weighted by atomic mass is 16.5. The molecule has 192 valence electrons. The molecular weight excluding hydrogens is 454 g/mol. The number of hydrogen-bond donors (Lipinski definition) is 1. The van der Waals surface area contributed by atoms with Crippen LogP contribution < -0.4 is 10.1 Å². The molecule has 0 spiro atoms. The van der Waals surface area contributed by atoms with E-state index >= 15 is 0 Å². The number of fused-ring (bicyclic) bond motifs is 1. The fourth-order valence-corrected chi connectivity index (χ4v) is 4.55. The number of nitrogens with zero attached hydrogens (tertiary/aromatic N) is 4. The van der Waals surface area contributed by atoms with Crippen LogP contribution in [-0.2, 0) is 28.1 Å². The predicted molar refractivity (Wildman–Crippen MR) is 142 cm³/mol. The first-order valence-corrected chi connectivity index (χ1v) is 12.6. The van der Waals surface area contributed by atoms with Gasteiger partial charge in [-0.1, -0.05) is 32.9 Å². The van der Waals surface area contributed by atoms with E-state index in [9.17, 15) is 9.59 Å². The summed E-state index contributed by atoms with van der Waals surface area (Å²) in [5, 5.41) is 2.92. The maximum atomic E-state index is 12.5. The van der Waals surface area contributed by atoms with Crippen LogP contribution in [0.15, 0.2) is 42.5 Å². The summed E-state index contributed by atoms with van der Waals surface area (Å²) in [6, 6.07) is 13.7. The van der Waals surface area contributed by atoms with Crippen molar-refractivity contribution in [2.45, 2.75) is 53.1 Å². The predicted octanol–water partition coefficient (Wildman–Crippen LogP) is 4.04. The SMILES string of the molecule is CCn1c(CN2CCN(C(C)=O)CC2)nc2cc(NC(=O)COc3ccc(C(C)(C)C)cc3)ccc21. The molecule has 1 N–H and O–H groups in total. The summed E-state index contributed by atoms with van der Waals surface area (Å²) in [7, 11) is 0. The van der Waals surface area contributed by atoms with Crippen molar-refractivity contribution in [2.24, 2.45) is 0 Å². The molecule has 8 heteroatoms. The molecule has 1 aromatic heterocycles. The Morgan fingerprint density at radius 1 is 1.03 bits per heavy atom. The molecule has 0 saturated carbocycles. The molecular formula is C28H37N5O3. The van der Waals surface area contributed by atoms with Gasteiger partial charge in [0.1, 0.15) is 11.6 Å². The zero-order chi connectivity index (χ0) is 25.9. The first-order chi connectivity index (χ1) is 17.1. The summed E-state index contributed by atoms with van der Waals surface area (Å²) in [5.41, 5.74) is 3.89. The van der Waals surface area contributed by atoms with Crippen molar-refractivity contribution in [1.82, 2.24) is 19.4 Å². The van der Waals surface area contributed by atoms with E-state index in [2.05, 4.69) is 42.5 Å². The average Bonchev–Trinajstić information content (AvgIpc) is 3.18. The Hall–Kier alpha value is -3.39. The number of ether oxygens (including phenoxy) is 1. The van der Waals surface area contributed by atoms with Gasteiger partial charge in [-0.25, -0.2) is 4.98 Å². The van der Waals surface area contributed by atoms with Gasteiger partial charge in [0.25, 0.3) is 5.91 Å². The number of aromatic nitrogens is 2. The van der Waals surface area contributed by atoms with Crippen LogP contribution in [0.25, 0.3) is 11.0 Å². The Labute approximate surface area is 213 Å². The second-order valence-electron chi connectivity index (χ2n) is 10.4. The van der Waals surface area contributed by atoms with Gasteiger partial charge in [-0.05, 0) is 48.2 Å². The molecule has 36 heavy (non-hydrogen) atoms. The van der Waals surface area contributed by atoms with Gasteiger partial charge >= 0.3 is 0 Å². The number of hydrogen-bond acceptors (Lipinski definition) is 5. The van der Waals surface area contributed by atoms with Crippen molar-refractivity contribution in [3.63, 3.8) is 0 Å². The Kier molecular flexibility index (Phi) is 7.64. The van der Waals surface area contributed by atoms with Gasteiger partial charge < -0.3 is 19.5 Å². The number of anilines is 1. The fourth-order valence-electron chi connectivity index (χ4n) is 4.55. The number of benzene rings is 2. The molecule has 1 fully saturated rings. The van der Waals surface area contributed by atoms with E-state index in [0.717, 1.165) is 56.1 Å². The quantitative estimate of drug-likeness (QED) is 0.540. The van der Waals surface area contributed by atoms with Gasteiger partial charge in [-0.15, -0.1) is 0 Å². The van der Waals surface area contributed by atoms with Crippen LogP contribution in [-0.4, -0.2) is 64.0 Å². The van der Waals surface area contributed by atoms with E-state index in [1.807, 2.05) is 47.4 Å². The molecule has 2 amide bonds. The lowest BCUT2D eigenvalue weighted by atomic mass is 9.87. The van der Waals surface area contributed by atoms with Crippen molar-refractivity contribution in [1.29, 1.82) is 0 Å². The third-order valence-corrected chi connectivity index (χ3v) is 6.70. The van der Waals surface area contributed by atoms with Gasteiger partial charge in [0.15, 0.2) is 6.61 Å². The van der Waals surface area contributed by atoms with Crippen LogP contribution in [0, 0.1) is 0 Å². The normalized spacial score (nSPS) is 14.8. The summed E-state index contributed by atoms with van der Waals surface area (Å²) in [5.74, 6) is 1.58. The number of imidazole rings is 1. The number of piperazine rings is 1. The Morgan fingerprint density at radius 3 is 2.33 bits per heavy atom. The lowest BCUT2D eigenvalue weighted by Gasteiger charge is -2.33. The van der Waals surface area contributed by atoms with Gasteiger partial charge in [0.2, 0.25) is 5.91 Å². The van der Waals surface area contributed by atoms with Crippen molar-refractivity contribution in [3.05, 3.63) is 53.9 Å². The number of amides is 2. The highest BCUT2D eigenvalue weighted by Gasteiger charge is 2.21. The van der Waals surface area contributed by atoms with E-state index < -0.39 is 0 Å². The van der Waals surface area contributed by atoms with E-state index in [0.29, 0.717) is 11.4 Å². The monoisotopic (exact) mass is 491 g/mol. The Balaban J connectivity index is 1.37. The fraction of sp³-hybridized carbons (Fsp3) is 0.464. The number of nitrogens with one attached hydrogen (secondary N) is 1. The molecule has 0 aliphatic carbocycles. The third kappa shape index (κ3) is 6.05. The Morgan fingerprint density at radius 2 is 1.72 bits per heavy atom. The smallest absolute Gasteiger partial charge is 0.262 e. The van der Waals surface area contributed by atoms with Crippen molar-refractivity contribution in [3.8, 4) is 5.75 Å². The molecule has 1 aliphatic rings. The van der Waals surface area contributed by atoms with Gasteiger partial charge in [0.05, 0.1) is 17.6 Å². The molecule has 1 aliphatic heterocycles. The minimum absolute atomic E-state index is 0.0617. The van der Waals surface area contributed by atoms with Crippen LogP contribution >= 0.6 is 0 Å². The average molecular weight is 492 g/mol. The van der Waals surface area contributed by atoms with E-state index in [1.165, 1.54) is 5.56 Å². The minimum atomic E-state index is -0.215. The van der Waals surface area contributed by atoms with Crippen LogP contribution in [0.3, 0.4) is 0 Å². The molecule has 0 bridgehead atoms. The molecule has 2 heterocycles. The van der Waals surface area contributed by atoms with E-state index in [-0.39, 0.29) is 23.8 Å². The largest absolute Gasteiger partial charge is 0.484 e. The summed E-state index contributed by atoms with van der Waals surface area (Å²) >= 11 is 0. The van der Waals surface area contributed by atoms with Crippen molar-refractivity contribution < 1.29 is 14.3 Å². The zero-order valence-corrected chi connectivity index (χ0v) is 22.0. The number of aryl methyl sites for hydroxylation is 1. The lowest BCUT2D eigenvalue weighted by Crippen LogP contribution is -2.47. The molecule has 4 rings (SSSR count). The summed E-state index contributed by atoms with van der Waals surface area (Å²) in [6.07, 6.45) is 0. The number of rotatable bonds is 7. The van der Waals surface area contributed by atoms with Crippen molar-refractivity contribution in [2.75, 3.05) is 38.1 Å². The molecule has 2 aromatic carbocycles. The molecule has 0 radical (unpaired) electrons. The first-order valence-electron chi connectivity index (χ1n) is 12.6. The molecule has 0 unspecified atom stereocenters. The van der Waals surface area contributed by atoms with Crippen LogP contribution in [0.1, 0.15) is 46.0 Å². The second-order valence-corrected chi connectivity index (χ2v) is 10.4. The summed E-state index contributed by atoms with van der Waals surface area (Å²) < 4.78 is 7.89. The van der Waals surface area contributed by atoms with Gasteiger partial charge in [-0.2, -0.15) is 0 Å². The third-order valence-electron chi connectivity index (χ3n) is 6.70. The first kappa shape index (κ1) is 25.7. The standard InChI is InChI=1S/C28H37N5O3/c1-6-33-25-12-9-22(29-27(35)19-36-23-10-7-21(8-11-23)28(3,4)5)17-24(25)30-26(33)18-31-13-15-32(16-14-31)20(2)34/h7-12,17H,6,13-16,18-19H2,1-5H3,(H,29,35). The van der Waals surface area contributed by atoms with Crippen LogP contribution in [0.5, 0.6) is 5.75 Å². The second kappa shape index (κ2) is 10.7.